The van der Waals surface area contributed by atoms with E-state index in [0.717, 1.165) is 0 Å². The molecule has 22 heavy (non-hydrogen) atoms. The van der Waals surface area contributed by atoms with Gasteiger partial charge in [-0.2, -0.15) is 0 Å². The maximum atomic E-state index is 12.1. The predicted molar refractivity (Wildman–Crippen MR) is 89.1 cm³/mol. The second-order valence-corrected chi connectivity index (χ2v) is 7.04. The molecular formula is C16H12Cl3NO2. The van der Waals surface area contributed by atoms with E-state index >= 15 is 0 Å². The van der Waals surface area contributed by atoms with Crippen LogP contribution in [-0.2, 0) is 4.79 Å². The Kier molecular flexibility index (Phi) is 4.22. The number of amides is 1. The molecule has 0 heterocycles. The van der Waals surface area contributed by atoms with Crippen LogP contribution in [0.25, 0.3) is 0 Å². The van der Waals surface area contributed by atoms with Crippen molar-refractivity contribution in [2.75, 3.05) is 5.32 Å². The minimum Gasteiger partial charge on any atom is -0.455 e. The highest BCUT2D eigenvalue weighted by Crippen LogP contribution is 2.53. The van der Waals surface area contributed by atoms with Gasteiger partial charge in [-0.25, -0.2) is 0 Å². The third-order valence-electron chi connectivity index (χ3n) is 3.31. The molecule has 0 bridgehead atoms. The Bertz CT molecular complexity index is 704. The van der Waals surface area contributed by atoms with Crippen molar-refractivity contribution in [3.05, 3.63) is 53.6 Å². The summed E-state index contributed by atoms with van der Waals surface area (Å²) in [6.07, 6.45) is 0.442. The molecular weight excluding hydrogens is 345 g/mol. The highest BCUT2D eigenvalue weighted by atomic mass is 35.5. The normalized spacial score (nSPS) is 18.6. The second-order valence-electron chi connectivity index (χ2n) is 5.06. The Morgan fingerprint density at radius 2 is 1.86 bits per heavy atom. The van der Waals surface area contributed by atoms with Crippen molar-refractivity contribution in [2.24, 2.45) is 5.92 Å². The van der Waals surface area contributed by atoms with Gasteiger partial charge >= 0.3 is 0 Å². The van der Waals surface area contributed by atoms with Crippen molar-refractivity contribution in [2.45, 2.75) is 10.8 Å². The molecule has 1 N–H and O–H groups in total. The minimum atomic E-state index is -0.969. The highest BCUT2D eigenvalue weighted by molar-refractivity contribution is 6.52. The first-order chi connectivity index (χ1) is 10.5. The Morgan fingerprint density at radius 1 is 1.18 bits per heavy atom. The summed E-state index contributed by atoms with van der Waals surface area (Å²) in [6, 6.07) is 14.3. The van der Waals surface area contributed by atoms with Crippen molar-refractivity contribution in [3.8, 4) is 11.5 Å². The van der Waals surface area contributed by atoms with E-state index in [-0.39, 0.29) is 5.91 Å². The van der Waals surface area contributed by atoms with E-state index in [1.54, 1.807) is 18.2 Å². The molecule has 1 aliphatic rings. The first kappa shape index (κ1) is 15.5. The van der Waals surface area contributed by atoms with Crippen molar-refractivity contribution < 1.29 is 9.53 Å². The molecule has 2 aromatic carbocycles. The van der Waals surface area contributed by atoms with Crippen LogP contribution < -0.4 is 10.1 Å². The van der Waals surface area contributed by atoms with Crippen LogP contribution in [0.5, 0.6) is 11.5 Å². The van der Waals surface area contributed by atoms with Gasteiger partial charge in [0.15, 0.2) is 5.75 Å². The third kappa shape index (κ3) is 3.49. The van der Waals surface area contributed by atoms with Crippen LogP contribution in [0.1, 0.15) is 6.42 Å². The van der Waals surface area contributed by atoms with Gasteiger partial charge in [0.2, 0.25) is 5.91 Å². The minimum absolute atomic E-state index is 0.245. The molecule has 1 aliphatic carbocycles. The SMILES string of the molecule is O=C(Nc1cc(Cl)ccc1Oc1ccccc1)C1CC1(Cl)Cl. The average Bonchev–Trinajstić information content (AvgIpc) is 3.12. The number of hydrogen-bond acceptors (Lipinski definition) is 2. The topological polar surface area (TPSA) is 38.3 Å². The van der Waals surface area contributed by atoms with E-state index in [1.165, 1.54) is 0 Å². The molecule has 6 heteroatoms. The molecule has 3 nitrogen and oxygen atoms in total. The Morgan fingerprint density at radius 3 is 2.50 bits per heavy atom. The molecule has 1 amide bonds. The number of para-hydroxylation sites is 1. The molecule has 2 aromatic rings. The van der Waals surface area contributed by atoms with Gasteiger partial charge in [0.1, 0.15) is 10.1 Å². The number of alkyl halides is 2. The maximum absolute atomic E-state index is 12.1. The summed E-state index contributed by atoms with van der Waals surface area (Å²) in [7, 11) is 0. The number of benzene rings is 2. The third-order valence-corrected chi connectivity index (χ3v) is 4.38. The molecule has 3 rings (SSSR count). The zero-order valence-electron chi connectivity index (χ0n) is 11.4. The molecule has 114 valence electrons. The Balaban J connectivity index is 1.80. The monoisotopic (exact) mass is 355 g/mol. The number of anilines is 1. The van der Waals surface area contributed by atoms with Crippen molar-refractivity contribution >= 4 is 46.4 Å². The van der Waals surface area contributed by atoms with Crippen molar-refractivity contribution in [1.29, 1.82) is 0 Å². The van der Waals surface area contributed by atoms with Crippen LogP contribution in [0.4, 0.5) is 5.69 Å². The molecule has 0 saturated heterocycles. The fourth-order valence-electron chi connectivity index (χ4n) is 2.02. The van der Waals surface area contributed by atoms with Gasteiger partial charge in [-0.3, -0.25) is 4.79 Å². The molecule has 1 unspecified atom stereocenters. The van der Waals surface area contributed by atoms with Gasteiger partial charge in [0, 0.05) is 5.02 Å². The molecule has 1 saturated carbocycles. The van der Waals surface area contributed by atoms with Crippen LogP contribution in [-0.4, -0.2) is 10.2 Å². The quantitative estimate of drug-likeness (QED) is 0.758. The number of nitrogens with one attached hydrogen (secondary N) is 1. The summed E-state index contributed by atoms with van der Waals surface area (Å²) in [5.74, 6) is 0.500. The van der Waals surface area contributed by atoms with Crippen LogP contribution in [0.15, 0.2) is 48.5 Å². The van der Waals surface area contributed by atoms with Crippen LogP contribution >= 0.6 is 34.8 Å². The fraction of sp³-hybridized carbons (Fsp3) is 0.188. The smallest absolute Gasteiger partial charge is 0.230 e. The van der Waals surface area contributed by atoms with Gasteiger partial charge in [-0.15, -0.1) is 23.2 Å². The lowest BCUT2D eigenvalue weighted by Crippen LogP contribution is -2.17. The number of halogens is 3. The van der Waals surface area contributed by atoms with E-state index in [9.17, 15) is 4.79 Å². The second kappa shape index (κ2) is 5.99. The summed E-state index contributed by atoms with van der Waals surface area (Å²) in [5.41, 5.74) is 0.484. The summed E-state index contributed by atoms with van der Waals surface area (Å²) in [4.78, 5) is 12.1. The van der Waals surface area contributed by atoms with Crippen LogP contribution in [0.2, 0.25) is 5.02 Å². The number of ether oxygens (including phenoxy) is 1. The van der Waals surface area contributed by atoms with Gasteiger partial charge < -0.3 is 10.1 Å². The van der Waals surface area contributed by atoms with Gasteiger partial charge in [0.25, 0.3) is 0 Å². The fourth-order valence-corrected chi connectivity index (χ4v) is 2.70. The summed E-state index contributed by atoms with van der Waals surface area (Å²) >= 11 is 17.8. The zero-order valence-corrected chi connectivity index (χ0v) is 13.6. The number of hydrogen-bond donors (Lipinski definition) is 1. The largest absolute Gasteiger partial charge is 0.455 e. The van der Waals surface area contributed by atoms with Gasteiger partial charge in [-0.1, -0.05) is 29.8 Å². The molecule has 1 atom stereocenters. The first-order valence-corrected chi connectivity index (χ1v) is 7.80. The van der Waals surface area contributed by atoms with E-state index in [4.69, 9.17) is 39.5 Å². The molecule has 0 aromatic heterocycles. The van der Waals surface area contributed by atoms with Crippen LogP contribution in [0.3, 0.4) is 0 Å². The summed E-state index contributed by atoms with van der Waals surface area (Å²) in [5, 5.41) is 3.27. The maximum Gasteiger partial charge on any atom is 0.230 e. The Hall–Kier alpha value is -1.42. The van der Waals surface area contributed by atoms with E-state index in [0.29, 0.717) is 28.6 Å². The lowest BCUT2D eigenvalue weighted by atomic mass is 10.2. The van der Waals surface area contributed by atoms with Gasteiger partial charge in [-0.05, 0) is 36.8 Å². The number of carbonyl (C=O) groups is 1. The number of rotatable bonds is 4. The summed E-state index contributed by atoms with van der Waals surface area (Å²) in [6.45, 7) is 0. The average molecular weight is 357 g/mol. The molecule has 0 radical (unpaired) electrons. The van der Waals surface area contributed by atoms with Crippen molar-refractivity contribution in [1.82, 2.24) is 0 Å². The lowest BCUT2D eigenvalue weighted by Gasteiger charge is -2.13. The predicted octanol–water partition coefficient (Wildman–Crippen LogP) is 5.26. The zero-order chi connectivity index (χ0) is 15.7. The standard InChI is InChI=1S/C16H12Cl3NO2/c17-10-6-7-14(22-11-4-2-1-3-5-11)13(8-10)20-15(21)12-9-16(12,18)19/h1-8,12H,9H2,(H,20,21). The van der Waals surface area contributed by atoms with E-state index in [1.807, 2.05) is 30.3 Å². The van der Waals surface area contributed by atoms with E-state index in [2.05, 4.69) is 5.32 Å². The van der Waals surface area contributed by atoms with Crippen molar-refractivity contribution in [3.63, 3.8) is 0 Å². The van der Waals surface area contributed by atoms with E-state index < -0.39 is 10.3 Å². The number of carbonyl (C=O) groups excluding carboxylic acids is 1. The summed E-state index contributed by atoms with van der Waals surface area (Å²) < 4.78 is 4.81. The first-order valence-electron chi connectivity index (χ1n) is 6.67. The lowest BCUT2D eigenvalue weighted by molar-refractivity contribution is -0.117. The molecule has 0 spiro atoms. The molecule has 0 aliphatic heterocycles. The van der Waals surface area contributed by atoms with Gasteiger partial charge in [0.05, 0.1) is 11.6 Å². The Labute approximate surface area is 143 Å². The highest BCUT2D eigenvalue weighted by Gasteiger charge is 2.56. The molecule has 1 fully saturated rings. The van der Waals surface area contributed by atoms with Crippen LogP contribution in [0, 0.1) is 5.92 Å².